The second-order valence-electron chi connectivity index (χ2n) is 14.7. The molecule has 0 aromatic carbocycles. The van der Waals surface area contributed by atoms with Crippen molar-refractivity contribution in [3.05, 3.63) is 11.6 Å². The number of unbranched alkanes of at least 4 members (excludes halogenated alkanes) is 5. The molecule has 0 aliphatic heterocycles. The molecule has 0 radical (unpaired) electrons. The second-order valence-corrected chi connectivity index (χ2v) is 14.7. The fourth-order valence-electron chi connectivity index (χ4n) is 3.50. The summed E-state index contributed by atoms with van der Waals surface area (Å²) in [6.45, 7) is 42.6. The van der Waals surface area contributed by atoms with E-state index in [1.54, 1.807) is 0 Å². The Labute approximate surface area is 318 Å². The van der Waals surface area contributed by atoms with Crippen molar-refractivity contribution in [1.82, 2.24) is 0 Å². The summed E-state index contributed by atoms with van der Waals surface area (Å²) in [5, 5.41) is 0. The fraction of sp³-hybridized carbons (Fsp3) is 0.958. The van der Waals surface area contributed by atoms with E-state index < -0.39 is 0 Å². The van der Waals surface area contributed by atoms with Gasteiger partial charge in [-0.05, 0) is 49.4 Å². The molecule has 0 nitrogen and oxygen atoms in total. The molecule has 0 aromatic rings. The zero-order valence-corrected chi connectivity index (χ0v) is 34.2. The van der Waals surface area contributed by atoms with Crippen molar-refractivity contribution in [2.24, 2.45) is 29.1 Å². The molecule has 0 N–H and O–H groups in total. The van der Waals surface area contributed by atoms with Crippen LogP contribution < -0.4 is 0 Å². The molecule has 0 fully saturated rings. The maximum atomic E-state index is 2.35. The highest BCUT2D eigenvalue weighted by Crippen LogP contribution is 2.28. The van der Waals surface area contributed by atoms with Crippen LogP contribution in [0.5, 0.6) is 0 Å². The molecule has 0 aromatic heterocycles. The van der Waals surface area contributed by atoms with Crippen molar-refractivity contribution in [2.45, 2.75) is 279 Å². The van der Waals surface area contributed by atoms with E-state index >= 15 is 0 Å². The Hall–Kier alpha value is -0.260. The first-order valence-electron chi connectivity index (χ1n) is 19.2. The van der Waals surface area contributed by atoms with E-state index in [2.05, 4.69) is 138 Å². The third-order valence-electron chi connectivity index (χ3n) is 7.88. The minimum absolute atomic E-state index is 0. The number of allylic oxidation sites excluding steroid dienone is 2. The van der Waals surface area contributed by atoms with E-state index in [1.165, 1.54) is 108 Å². The highest BCUT2D eigenvalue weighted by Gasteiger charge is 2.15. The molecule has 0 aliphatic rings. The predicted octanol–water partition coefficient (Wildman–Crippen LogP) is 20.7. The predicted molar refractivity (Wildman–Crippen MR) is 247 cm³/mol. The van der Waals surface area contributed by atoms with Gasteiger partial charge in [-0.25, -0.2) is 0 Å². The summed E-state index contributed by atoms with van der Waals surface area (Å²) in [6, 6.07) is 0. The molecule has 0 aliphatic carbocycles. The van der Waals surface area contributed by atoms with Crippen LogP contribution in [0.15, 0.2) is 11.6 Å². The van der Waals surface area contributed by atoms with Gasteiger partial charge in [-0.15, -0.1) is 0 Å². The standard InChI is InChI=1S/C10H22.C8H18.C7H16.C6H14.C6H12.C5H12.6CH4/c1-4-5-6-7-8-9-10(2)3;1-5-8(4,6-2)7-3;1-4-5-6-7(2)3;2*1-4-5-6(2)3;1-4-5(2)3;;;;;;/h10H,4-9H2,1-3H3;5-7H2,1-4H3;7H,4-6H2,1-3H3;6H,4-5H2,1-3H3;5H,4H2,1-3H3;5H,4H2,1-3H3;6*1H4. The van der Waals surface area contributed by atoms with Crippen molar-refractivity contribution in [3.8, 4) is 0 Å². The van der Waals surface area contributed by atoms with Crippen molar-refractivity contribution >= 4 is 0 Å². The van der Waals surface area contributed by atoms with Gasteiger partial charge < -0.3 is 0 Å². The third kappa shape index (κ3) is 119. The van der Waals surface area contributed by atoms with Crippen LogP contribution in [-0.2, 0) is 0 Å². The smallest absolute Gasteiger partial charge is 0.0334 e. The van der Waals surface area contributed by atoms with Crippen LogP contribution in [0, 0.1) is 29.1 Å². The second kappa shape index (κ2) is 68.7. The van der Waals surface area contributed by atoms with E-state index in [1.807, 2.05) is 0 Å². The maximum absolute atomic E-state index is 2.35. The molecule has 0 bridgehead atoms. The summed E-state index contributed by atoms with van der Waals surface area (Å²) in [5.74, 6) is 3.59. The number of hydrogen-bond acceptors (Lipinski definition) is 0. The van der Waals surface area contributed by atoms with E-state index in [-0.39, 0.29) is 44.6 Å². The van der Waals surface area contributed by atoms with Crippen LogP contribution >= 0.6 is 0 Å². The normalized spacial score (nSPS) is 8.98. The molecular weight excluding hydrogens is 577 g/mol. The Morgan fingerprint density at radius 3 is 0.875 bits per heavy atom. The Kier molecular flexibility index (Phi) is 117. The average molecular weight is 695 g/mol. The minimum atomic E-state index is 0. The molecule has 0 amide bonds. The average Bonchev–Trinajstić information content (AvgIpc) is 2.92. The molecular formula is C48H118. The van der Waals surface area contributed by atoms with Gasteiger partial charge in [0.2, 0.25) is 0 Å². The fourth-order valence-corrected chi connectivity index (χ4v) is 3.50. The lowest BCUT2D eigenvalue weighted by atomic mass is 9.82. The van der Waals surface area contributed by atoms with Gasteiger partial charge in [0.05, 0.1) is 0 Å². The van der Waals surface area contributed by atoms with E-state index in [4.69, 9.17) is 0 Å². The van der Waals surface area contributed by atoms with Crippen molar-refractivity contribution in [2.75, 3.05) is 0 Å². The van der Waals surface area contributed by atoms with E-state index in [9.17, 15) is 0 Å². The van der Waals surface area contributed by atoms with Gasteiger partial charge in [0, 0.05) is 0 Å². The van der Waals surface area contributed by atoms with Crippen molar-refractivity contribution < 1.29 is 0 Å². The number of rotatable bonds is 16. The highest BCUT2D eigenvalue weighted by molar-refractivity contribution is 4.91. The van der Waals surface area contributed by atoms with Gasteiger partial charge in [-0.2, -0.15) is 0 Å². The Morgan fingerprint density at radius 2 is 0.750 bits per heavy atom. The maximum Gasteiger partial charge on any atom is -0.0334 e. The van der Waals surface area contributed by atoms with Gasteiger partial charge in [-0.1, -0.05) is 270 Å². The monoisotopic (exact) mass is 695 g/mol. The summed E-state index contributed by atoms with van der Waals surface area (Å²) in [7, 11) is 0. The molecule has 310 valence electrons. The minimum Gasteiger partial charge on any atom is -0.0862 e. The van der Waals surface area contributed by atoms with Crippen molar-refractivity contribution in [1.29, 1.82) is 0 Å². The topological polar surface area (TPSA) is 0 Å². The Balaban J connectivity index is -0.0000000320. The summed E-state index contributed by atoms with van der Waals surface area (Å²) in [4.78, 5) is 0. The van der Waals surface area contributed by atoms with Gasteiger partial charge in [0.15, 0.2) is 0 Å². The molecule has 0 heterocycles. The van der Waals surface area contributed by atoms with Crippen LogP contribution in [0.3, 0.4) is 0 Å². The molecule has 0 spiro atoms. The largest absolute Gasteiger partial charge is 0.0862 e. The van der Waals surface area contributed by atoms with Crippen LogP contribution in [-0.4, -0.2) is 0 Å². The summed E-state index contributed by atoms with van der Waals surface area (Å²) in [5.41, 5.74) is 2.04. The Morgan fingerprint density at radius 1 is 0.438 bits per heavy atom. The van der Waals surface area contributed by atoms with Gasteiger partial charge >= 0.3 is 0 Å². The van der Waals surface area contributed by atoms with Gasteiger partial charge in [0.1, 0.15) is 0 Å². The lowest BCUT2D eigenvalue weighted by Crippen LogP contribution is -2.10. The molecule has 0 unspecified atom stereocenters. The molecule has 0 rings (SSSR count). The lowest BCUT2D eigenvalue weighted by Gasteiger charge is -2.23. The molecule has 48 heavy (non-hydrogen) atoms. The molecule has 0 saturated carbocycles. The van der Waals surface area contributed by atoms with Gasteiger partial charge in [-0.3, -0.25) is 0 Å². The molecule has 0 heteroatoms. The summed E-state index contributed by atoms with van der Waals surface area (Å²) in [6.07, 6.45) is 24.0. The summed E-state index contributed by atoms with van der Waals surface area (Å²) >= 11 is 0. The molecule has 0 atom stereocenters. The van der Waals surface area contributed by atoms with Crippen LogP contribution in [0.2, 0.25) is 0 Å². The van der Waals surface area contributed by atoms with E-state index in [0.29, 0.717) is 5.41 Å². The van der Waals surface area contributed by atoms with Crippen molar-refractivity contribution in [3.63, 3.8) is 0 Å². The Bertz CT molecular complexity index is 421. The van der Waals surface area contributed by atoms with Crippen LogP contribution in [0.25, 0.3) is 0 Å². The van der Waals surface area contributed by atoms with Crippen LogP contribution in [0.1, 0.15) is 279 Å². The quantitative estimate of drug-likeness (QED) is 0.111. The number of hydrogen-bond donors (Lipinski definition) is 0. The molecule has 0 saturated heterocycles. The highest BCUT2D eigenvalue weighted by atomic mass is 14.2. The zero-order valence-electron chi connectivity index (χ0n) is 34.2. The third-order valence-corrected chi connectivity index (χ3v) is 7.88. The SMILES string of the molecule is C.C.C.C.C.C.CCC(C)(CC)CC.CCC(C)C.CCC=C(C)C.CCCC(C)C.CCCCC(C)C.CCCCCCCC(C)C. The van der Waals surface area contributed by atoms with Gasteiger partial charge in [0.25, 0.3) is 0 Å². The summed E-state index contributed by atoms with van der Waals surface area (Å²) < 4.78 is 0. The first kappa shape index (κ1) is 81.6. The van der Waals surface area contributed by atoms with Crippen LogP contribution in [0.4, 0.5) is 0 Å². The zero-order chi connectivity index (χ0) is 34.4. The van der Waals surface area contributed by atoms with E-state index in [0.717, 1.165) is 23.7 Å². The lowest BCUT2D eigenvalue weighted by molar-refractivity contribution is 0.286. The first-order chi connectivity index (χ1) is 19.5. The first-order valence-corrected chi connectivity index (χ1v) is 19.2.